The van der Waals surface area contributed by atoms with Crippen molar-refractivity contribution in [2.45, 2.75) is 26.2 Å². The van der Waals surface area contributed by atoms with Gasteiger partial charge in [0.25, 0.3) is 5.56 Å². The molecule has 21 heavy (non-hydrogen) atoms. The minimum Gasteiger partial charge on any atom is -0.374 e. The van der Waals surface area contributed by atoms with Crippen LogP contribution in [0.15, 0.2) is 23.0 Å². The number of H-pyrrole nitrogens is 1. The summed E-state index contributed by atoms with van der Waals surface area (Å²) in [5, 5.41) is 0. The monoisotopic (exact) mass is 395 g/mol. The highest BCUT2D eigenvalue weighted by Gasteiger charge is 2.17. The fourth-order valence-corrected chi connectivity index (χ4v) is 3.28. The molecule has 110 valence electrons. The molecule has 0 saturated carbocycles. The Labute approximate surface area is 137 Å². The summed E-state index contributed by atoms with van der Waals surface area (Å²) in [6.07, 6.45) is 2.87. The van der Waals surface area contributed by atoms with Gasteiger partial charge in [-0.05, 0) is 59.2 Å². The van der Waals surface area contributed by atoms with Crippen LogP contribution in [-0.2, 0) is 12.8 Å². The van der Waals surface area contributed by atoms with Gasteiger partial charge in [0.05, 0.1) is 9.26 Å². The number of aromatic nitrogens is 2. The van der Waals surface area contributed by atoms with Crippen LogP contribution in [-0.4, -0.2) is 23.6 Å². The van der Waals surface area contributed by atoms with Crippen molar-refractivity contribution in [2.75, 3.05) is 18.5 Å². The molecule has 0 amide bonds. The summed E-state index contributed by atoms with van der Waals surface area (Å²) >= 11 is 2.08. The Morgan fingerprint density at radius 2 is 2.24 bits per heavy atom. The van der Waals surface area contributed by atoms with Crippen molar-refractivity contribution < 1.29 is 0 Å². The van der Waals surface area contributed by atoms with Crippen molar-refractivity contribution in [1.29, 1.82) is 0 Å². The zero-order valence-electron chi connectivity index (χ0n) is 12.2. The van der Waals surface area contributed by atoms with Gasteiger partial charge >= 0.3 is 0 Å². The SMILES string of the molecule is CCCc1nc(-c2ccc3c(c2)CCN3C)[nH]c(=O)c1I. The summed E-state index contributed by atoms with van der Waals surface area (Å²) in [4.78, 5) is 21.9. The highest BCUT2D eigenvalue weighted by atomic mass is 127. The molecule has 5 heteroatoms. The topological polar surface area (TPSA) is 49.0 Å². The maximum atomic E-state index is 12.1. The largest absolute Gasteiger partial charge is 0.374 e. The number of halogens is 1. The first-order valence-corrected chi connectivity index (χ1v) is 8.31. The van der Waals surface area contributed by atoms with Gasteiger partial charge in [-0.2, -0.15) is 0 Å². The molecule has 0 fully saturated rings. The number of hydrogen-bond donors (Lipinski definition) is 1. The van der Waals surface area contributed by atoms with E-state index in [1.165, 1.54) is 11.3 Å². The summed E-state index contributed by atoms with van der Waals surface area (Å²) < 4.78 is 0.707. The minimum atomic E-state index is -0.0401. The first-order valence-electron chi connectivity index (χ1n) is 7.23. The van der Waals surface area contributed by atoms with Gasteiger partial charge in [-0.3, -0.25) is 4.79 Å². The third-order valence-electron chi connectivity index (χ3n) is 3.90. The summed E-state index contributed by atoms with van der Waals surface area (Å²) in [6.45, 7) is 3.15. The van der Waals surface area contributed by atoms with E-state index in [4.69, 9.17) is 0 Å². The molecule has 4 nitrogen and oxygen atoms in total. The number of nitrogens with zero attached hydrogens (tertiary/aromatic N) is 2. The number of fused-ring (bicyclic) bond motifs is 1. The molecule has 1 aromatic heterocycles. The second-order valence-electron chi connectivity index (χ2n) is 5.44. The van der Waals surface area contributed by atoms with Crippen LogP contribution in [0.2, 0.25) is 0 Å². The van der Waals surface area contributed by atoms with E-state index in [-0.39, 0.29) is 5.56 Å². The Balaban J connectivity index is 2.07. The van der Waals surface area contributed by atoms with Crippen LogP contribution in [0.25, 0.3) is 11.4 Å². The minimum absolute atomic E-state index is 0.0401. The van der Waals surface area contributed by atoms with Crippen molar-refractivity contribution in [2.24, 2.45) is 0 Å². The van der Waals surface area contributed by atoms with E-state index in [2.05, 4.69) is 63.6 Å². The molecule has 2 heterocycles. The van der Waals surface area contributed by atoms with Crippen LogP contribution < -0.4 is 10.5 Å². The highest BCUT2D eigenvalue weighted by Crippen LogP contribution is 2.30. The second kappa shape index (κ2) is 5.79. The molecule has 0 saturated heterocycles. The molecule has 1 aliphatic heterocycles. The molecule has 0 aliphatic carbocycles. The lowest BCUT2D eigenvalue weighted by molar-refractivity contribution is 0.860. The fraction of sp³-hybridized carbons (Fsp3) is 0.375. The number of benzene rings is 1. The molecule has 3 rings (SSSR count). The van der Waals surface area contributed by atoms with E-state index in [0.29, 0.717) is 9.39 Å². The Morgan fingerprint density at radius 1 is 1.43 bits per heavy atom. The van der Waals surface area contributed by atoms with E-state index in [1.807, 2.05) is 6.07 Å². The number of aromatic amines is 1. The Kier molecular flexibility index (Phi) is 4.01. The number of likely N-dealkylation sites (N-methyl/N-ethyl adjacent to an activating group) is 1. The molecule has 1 N–H and O–H groups in total. The van der Waals surface area contributed by atoms with Crippen molar-refractivity contribution >= 4 is 28.3 Å². The lowest BCUT2D eigenvalue weighted by Gasteiger charge is -2.12. The van der Waals surface area contributed by atoms with E-state index in [9.17, 15) is 4.79 Å². The number of rotatable bonds is 3. The lowest BCUT2D eigenvalue weighted by Crippen LogP contribution is -2.16. The standard InChI is InChI=1S/C16H18IN3O/c1-3-4-12-14(17)16(21)19-15(18-12)11-5-6-13-10(9-11)7-8-20(13)2/h5-6,9H,3-4,7-8H2,1-2H3,(H,18,19,21). The predicted molar refractivity (Wildman–Crippen MR) is 94.0 cm³/mol. The molecule has 0 bridgehead atoms. The van der Waals surface area contributed by atoms with Gasteiger partial charge in [0.2, 0.25) is 0 Å². The normalized spacial score (nSPS) is 13.6. The Hall–Kier alpha value is -1.37. The molecular weight excluding hydrogens is 377 g/mol. The summed E-state index contributed by atoms with van der Waals surface area (Å²) in [7, 11) is 2.11. The van der Waals surface area contributed by atoms with E-state index in [0.717, 1.165) is 37.1 Å². The third kappa shape index (κ3) is 2.71. The van der Waals surface area contributed by atoms with Crippen LogP contribution in [0.4, 0.5) is 5.69 Å². The van der Waals surface area contributed by atoms with Gasteiger partial charge < -0.3 is 9.88 Å². The zero-order chi connectivity index (χ0) is 15.0. The highest BCUT2D eigenvalue weighted by molar-refractivity contribution is 14.1. The van der Waals surface area contributed by atoms with Crippen molar-refractivity contribution in [3.63, 3.8) is 0 Å². The molecule has 0 radical (unpaired) electrons. The predicted octanol–water partition coefficient (Wildman–Crippen LogP) is 2.99. The van der Waals surface area contributed by atoms with Gasteiger partial charge in [-0.15, -0.1) is 0 Å². The third-order valence-corrected chi connectivity index (χ3v) is 5.01. The smallest absolute Gasteiger partial charge is 0.264 e. The number of anilines is 1. The summed E-state index contributed by atoms with van der Waals surface area (Å²) in [6, 6.07) is 6.32. The maximum absolute atomic E-state index is 12.1. The fourth-order valence-electron chi connectivity index (χ4n) is 2.76. The zero-order valence-corrected chi connectivity index (χ0v) is 14.4. The second-order valence-corrected chi connectivity index (χ2v) is 6.52. The molecule has 0 spiro atoms. The van der Waals surface area contributed by atoms with Crippen LogP contribution in [0.5, 0.6) is 0 Å². The van der Waals surface area contributed by atoms with Crippen LogP contribution in [0, 0.1) is 3.57 Å². The van der Waals surface area contributed by atoms with E-state index < -0.39 is 0 Å². The van der Waals surface area contributed by atoms with Crippen LogP contribution in [0.1, 0.15) is 24.6 Å². The molecule has 0 atom stereocenters. The number of aryl methyl sites for hydroxylation is 1. The van der Waals surface area contributed by atoms with Gasteiger partial charge in [0.1, 0.15) is 5.82 Å². The average Bonchev–Trinajstić information content (AvgIpc) is 2.85. The molecule has 2 aromatic rings. The van der Waals surface area contributed by atoms with Crippen molar-refractivity contribution in [3.8, 4) is 11.4 Å². The van der Waals surface area contributed by atoms with Crippen LogP contribution in [0.3, 0.4) is 0 Å². The van der Waals surface area contributed by atoms with Crippen molar-refractivity contribution in [3.05, 3.63) is 43.4 Å². The van der Waals surface area contributed by atoms with Gasteiger partial charge in [0.15, 0.2) is 0 Å². The average molecular weight is 395 g/mol. The van der Waals surface area contributed by atoms with Crippen molar-refractivity contribution in [1.82, 2.24) is 9.97 Å². The molecular formula is C16H18IN3O. The quantitative estimate of drug-likeness (QED) is 0.814. The number of nitrogens with one attached hydrogen (secondary N) is 1. The first-order chi connectivity index (χ1) is 10.1. The molecule has 1 aromatic carbocycles. The summed E-state index contributed by atoms with van der Waals surface area (Å²) in [5.41, 5.74) is 4.46. The van der Waals surface area contributed by atoms with E-state index in [1.54, 1.807) is 0 Å². The van der Waals surface area contributed by atoms with Crippen LogP contribution >= 0.6 is 22.6 Å². The number of hydrogen-bond acceptors (Lipinski definition) is 3. The molecule has 0 unspecified atom stereocenters. The van der Waals surface area contributed by atoms with E-state index >= 15 is 0 Å². The summed E-state index contributed by atoms with van der Waals surface area (Å²) in [5.74, 6) is 0.682. The van der Waals surface area contributed by atoms with Gasteiger partial charge in [-0.25, -0.2) is 4.98 Å². The molecule has 1 aliphatic rings. The van der Waals surface area contributed by atoms with Gasteiger partial charge in [0, 0.05) is 24.8 Å². The van der Waals surface area contributed by atoms with Gasteiger partial charge in [-0.1, -0.05) is 13.3 Å². The Bertz CT molecular complexity index is 739. The Morgan fingerprint density at radius 3 is 3.00 bits per heavy atom. The maximum Gasteiger partial charge on any atom is 0.264 e. The first kappa shape index (κ1) is 14.6. The lowest BCUT2D eigenvalue weighted by atomic mass is 10.1.